The summed E-state index contributed by atoms with van der Waals surface area (Å²) in [4.78, 5) is 6.33. The molecule has 1 aliphatic rings. The molecule has 1 fully saturated rings. The normalized spacial score (nSPS) is 16.9. The molecule has 0 aromatic heterocycles. The first-order valence-electron chi connectivity index (χ1n) is 9.82. The third-order valence-corrected chi connectivity index (χ3v) is 5.15. The fourth-order valence-electron chi connectivity index (χ4n) is 3.48. The van der Waals surface area contributed by atoms with Crippen LogP contribution in [-0.2, 0) is 19.3 Å². The van der Waals surface area contributed by atoms with E-state index in [-0.39, 0.29) is 42.1 Å². The van der Waals surface area contributed by atoms with E-state index in [1.807, 2.05) is 6.07 Å². The van der Waals surface area contributed by atoms with Gasteiger partial charge in [-0.25, -0.2) is 4.39 Å². The van der Waals surface area contributed by atoms with E-state index in [2.05, 4.69) is 20.5 Å². The Labute approximate surface area is 201 Å². The Hall–Kier alpha value is -2.39. The van der Waals surface area contributed by atoms with Crippen LogP contribution < -0.4 is 10.6 Å². The number of benzene rings is 2. The van der Waals surface area contributed by atoms with E-state index in [0.717, 1.165) is 30.7 Å². The highest BCUT2D eigenvalue weighted by Gasteiger charge is 2.30. The lowest BCUT2D eigenvalue weighted by atomic mass is 10.1. The Morgan fingerprint density at radius 2 is 1.94 bits per heavy atom. The number of likely N-dealkylation sites (tertiary alicyclic amines) is 1. The van der Waals surface area contributed by atoms with Crippen molar-refractivity contribution in [3.63, 3.8) is 0 Å². The molecule has 0 saturated carbocycles. The van der Waals surface area contributed by atoms with Gasteiger partial charge in [-0.2, -0.15) is 18.4 Å². The predicted octanol–water partition coefficient (Wildman–Crippen LogP) is 4.27. The number of nitrogens with one attached hydrogen (secondary N) is 2. The van der Waals surface area contributed by atoms with Crippen LogP contribution in [0.2, 0.25) is 0 Å². The van der Waals surface area contributed by atoms with Gasteiger partial charge in [-0.15, -0.1) is 24.0 Å². The quantitative estimate of drug-likeness (QED) is 0.248. The van der Waals surface area contributed by atoms with E-state index in [1.165, 1.54) is 18.2 Å². The molecule has 0 aliphatic carbocycles. The molecule has 2 aromatic carbocycles. The van der Waals surface area contributed by atoms with Gasteiger partial charge in [0.1, 0.15) is 5.82 Å². The summed E-state index contributed by atoms with van der Waals surface area (Å²) in [5, 5.41) is 15.2. The molecule has 32 heavy (non-hydrogen) atoms. The second-order valence-electron chi connectivity index (χ2n) is 7.40. The van der Waals surface area contributed by atoms with Crippen molar-refractivity contribution in [2.75, 3.05) is 20.1 Å². The largest absolute Gasteiger partial charge is 0.416 e. The highest BCUT2D eigenvalue weighted by atomic mass is 127. The van der Waals surface area contributed by atoms with Gasteiger partial charge in [-0.1, -0.05) is 18.2 Å². The van der Waals surface area contributed by atoms with Crippen molar-refractivity contribution in [3.8, 4) is 6.07 Å². The number of halogens is 5. The fraction of sp³-hybridized carbons (Fsp3) is 0.364. The van der Waals surface area contributed by atoms with E-state index in [0.29, 0.717) is 24.6 Å². The molecule has 1 saturated heterocycles. The van der Waals surface area contributed by atoms with Gasteiger partial charge in [0.15, 0.2) is 5.96 Å². The number of hydrogen-bond donors (Lipinski definition) is 2. The molecule has 1 unspecified atom stereocenters. The highest BCUT2D eigenvalue weighted by Crippen LogP contribution is 2.29. The van der Waals surface area contributed by atoms with Crippen molar-refractivity contribution < 1.29 is 17.6 Å². The van der Waals surface area contributed by atoms with Gasteiger partial charge in [0.05, 0.1) is 17.2 Å². The summed E-state index contributed by atoms with van der Waals surface area (Å²) in [5.41, 5.74) is 0.874. The van der Waals surface area contributed by atoms with Crippen LogP contribution in [0, 0.1) is 17.1 Å². The number of guanidine groups is 1. The standard InChI is InChI=1S/C22H23F4N5.HI/c1-28-21(29-12-17-5-2-16(11-27)10-20(17)23)30-19-8-9-31(14-19)13-15-3-6-18(7-4-15)22(24,25)26;/h2-7,10,19H,8-9,12-14H2,1H3,(H2,28,29,30);1H. The van der Waals surface area contributed by atoms with Crippen LogP contribution in [0.5, 0.6) is 0 Å². The monoisotopic (exact) mass is 561 g/mol. The van der Waals surface area contributed by atoms with Crippen molar-refractivity contribution in [2.24, 2.45) is 4.99 Å². The Bertz CT molecular complexity index is 970. The van der Waals surface area contributed by atoms with Crippen LogP contribution in [0.15, 0.2) is 47.5 Å². The molecule has 1 atom stereocenters. The van der Waals surface area contributed by atoms with Crippen LogP contribution in [0.4, 0.5) is 17.6 Å². The van der Waals surface area contributed by atoms with Gasteiger partial charge in [0.2, 0.25) is 0 Å². The van der Waals surface area contributed by atoms with Gasteiger partial charge < -0.3 is 10.6 Å². The topological polar surface area (TPSA) is 63.5 Å². The van der Waals surface area contributed by atoms with Crippen molar-refractivity contribution >= 4 is 29.9 Å². The van der Waals surface area contributed by atoms with Crippen molar-refractivity contribution in [1.29, 1.82) is 5.26 Å². The molecule has 10 heteroatoms. The first-order valence-corrected chi connectivity index (χ1v) is 9.82. The molecule has 172 valence electrons. The summed E-state index contributed by atoms with van der Waals surface area (Å²) in [6, 6.07) is 11.6. The maximum absolute atomic E-state index is 14.0. The smallest absolute Gasteiger partial charge is 0.352 e. The van der Waals surface area contributed by atoms with Gasteiger partial charge in [0.25, 0.3) is 0 Å². The molecule has 2 aromatic rings. The third-order valence-electron chi connectivity index (χ3n) is 5.15. The maximum Gasteiger partial charge on any atom is 0.416 e. The van der Waals surface area contributed by atoms with E-state index < -0.39 is 17.6 Å². The average Bonchev–Trinajstić information content (AvgIpc) is 3.18. The summed E-state index contributed by atoms with van der Waals surface area (Å²) in [6.07, 6.45) is -3.47. The maximum atomic E-state index is 14.0. The second-order valence-corrected chi connectivity index (χ2v) is 7.40. The van der Waals surface area contributed by atoms with Gasteiger partial charge in [-0.3, -0.25) is 9.89 Å². The molecule has 0 radical (unpaired) electrons. The lowest BCUT2D eigenvalue weighted by molar-refractivity contribution is -0.137. The fourth-order valence-corrected chi connectivity index (χ4v) is 3.48. The molecule has 0 spiro atoms. The Morgan fingerprint density at radius 1 is 1.22 bits per heavy atom. The van der Waals surface area contributed by atoms with E-state index in [1.54, 1.807) is 19.2 Å². The predicted molar refractivity (Wildman–Crippen MR) is 125 cm³/mol. The molecule has 3 rings (SSSR count). The number of alkyl halides is 3. The van der Waals surface area contributed by atoms with E-state index >= 15 is 0 Å². The van der Waals surface area contributed by atoms with E-state index in [9.17, 15) is 17.6 Å². The Kier molecular flexibility index (Phi) is 9.27. The van der Waals surface area contributed by atoms with Crippen LogP contribution in [0.25, 0.3) is 0 Å². The van der Waals surface area contributed by atoms with Crippen LogP contribution in [0.3, 0.4) is 0 Å². The summed E-state index contributed by atoms with van der Waals surface area (Å²) >= 11 is 0. The average molecular weight is 561 g/mol. The minimum Gasteiger partial charge on any atom is -0.352 e. The van der Waals surface area contributed by atoms with Gasteiger partial charge in [-0.05, 0) is 36.2 Å². The number of nitrogens with zero attached hydrogens (tertiary/aromatic N) is 3. The summed E-state index contributed by atoms with van der Waals surface area (Å²) in [6.45, 7) is 2.31. The van der Waals surface area contributed by atoms with Gasteiger partial charge in [0, 0.05) is 44.8 Å². The van der Waals surface area contributed by atoms with Gasteiger partial charge >= 0.3 is 6.18 Å². The zero-order valence-electron chi connectivity index (χ0n) is 17.4. The van der Waals surface area contributed by atoms with Crippen molar-refractivity contribution in [1.82, 2.24) is 15.5 Å². The molecule has 0 bridgehead atoms. The number of hydrogen-bond acceptors (Lipinski definition) is 3. The number of nitriles is 1. The molecule has 2 N–H and O–H groups in total. The minimum absolute atomic E-state index is 0. The van der Waals surface area contributed by atoms with Crippen LogP contribution >= 0.6 is 24.0 Å². The minimum atomic E-state index is -4.33. The van der Waals surface area contributed by atoms with E-state index in [4.69, 9.17) is 5.26 Å². The van der Waals surface area contributed by atoms with Crippen molar-refractivity contribution in [3.05, 3.63) is 70.5 Å². The first-order chi connectivity index (χ1) is 14.8. The zero-order valence-corrected chi connectivity index (χ0v) is 19.7. The lowest BCUT2D eigenvalue weighted by Gasteiger charge is -2.19. The highest BCUT2D eigenvalue weighted by molar-refractivity contribution is 14.0. The van der Waals surface area contributed by atoms with Crippen molar-refractivity contribution in [2.45, 2.75) is 31.7 Å². The molecule has 0 amide bonds. The molecule has 1 heterocycles. The summed E-state index contributed by atoms with van der Waals surface area (Å²) in [5.74, 6) is 0.0794. The Balaban J connectivity index is 0.00000363. The van der Waals surface area contributed by atoms with Crippen LogP contribution in [0.1, 0.15) is 28.7 Å². The molecule has 1 aliphatic heterocycles. The van der Waals surface area contributed by atoms with Crippen LogP contribution in [-0.4, -0.2) is 37.0 Å². The first kappa shape index (κ1) is 25.9. The zero-order chi connectivity index (χ0) is 22.4. The lowest BCUT2D eigenvalue weighted by Crippen LogP contribution is -2.44. The second kappa shape index (κ2) is 11.5. The molecular weight excluding hydrogens is 537 g/mol. The number of aliphatic imine (C=N–C) groups is 1. The number of rotatable bonds is 5. The SMILES string of the molecule is CN=C(NCc1ccc(C#N)cc1F)NC1CCN(Cc2ccc(C(F)(F)F)cc2)C1.I. The summed E-state index contributed by atoms with van der Waals surface area (Å²) < 4.78 is 52.1. The third kappa shape index (κ3) is 7.06. The molecule has 5 nitrogen and oxygen atoms in total. The summed E-state index contributed by atoms with van der Waals surface area (Å²) in [7, 11) is 1.62. The molecular formula is C22H24F4IN5. The Morgan fingerprint density at radius 3 is 2.53 bits per heavy atom.